The van der Waals surface area contributed by atoms with Gasteiger partial charge in [-0.15, -0.1) is 0 Å². The molecule has 3 N–H and O–H groups in total. The molecule has 0 amide bonds. The number of anilines is 1. The van der Waals surface area contributed by atoms with E-state index in [4.69, 9.17) is 11.1 Å². The highest BCUT2D eigenvalue weighted by Gasteiger charge is 2.21. The van der Waals surface area contributed by atoms with E-state index in [0.717, 1.165) is 56.2 Å². The molecule has 6 nitrogen and oxygen atoms in total. The topological polar surface area (TPSA) is 72.5 Å². The number of rotatable bonds is 5. The van der Waals surface area contributed by atoms with Crippen LogP contribution in [0.4, 0.5) is 5.82 Å². The minimum absolute atomic E-state index is 0.102. The first-order valence-electron chi connectivity index (χ1n) is 7.41. The highest BCUT2D eigenvalue weighted by atomic mass is 15.3. The third-order valence-corrected chi connectivity index (χ3v) is 3.94. The van der Waals surface area contributed by atoms with Crippen molar-refractivity contribution < 1.29 is 0 Å². The van der Waals surface area contributed by atoms with Gasteiger partial charge in [0.1, 0.15) is 11.7 Å². The first-order chi connectivity index (χ1) is 9.99. The summed E-state index contributed by atoms with van der Waals surface area (Å²) in [6.07, 6.45) is 1.80. The molecular weight excluding hydrogens is 264 g/mol. The van der Waals surface area contributed by atoms with Crippen molar-refractivity contribution in [3.63, 3.8) is 0 Å². The van der Waals surface area contributed by atoms with Crippen molar-refractivity contribution in [1.29, 1.82) is 5.41 Å². The summed E-state index contributed by atoms with van der Waals surface area (Å²) in [5.74, 6) is 0.959. The van der Waals surface area contributed by atoms with Crippen LogP contribution in [0.25, 0.3) is 0 Å². The number of hydrogen-bond acceptors (Lipinski definition) is 5. The van der Waals surface area contributed by atoms with Gasteiger partial charge in [-0.1, -0.05) is 0 Å². The molecule has 0 radical (unpaired) electrons. The predicted octanol–water partition coefficient (Wildman–Crippen LogP) is 0.358. The monoisotopic (exact) mass is 290 g/mol. The number of nitrogens with two attached hydrogens (primary N) is 1. The van der Waals surface area contributed by atoms with Crippen LogP contribution < -0.4 is 10.6 Å². The van der Waals surface area contributed by atoms with Gasteiger partial charge in [0, 0.05) is 45.5 Å². The van der Waals surface area contributed by atoms with Gasteiger partial charge in [-0.3, -0.25) is 10.3 Å². The molecule has 1 aromatic heterocycles. The van der Waals surface area contributed by atoms with E-state index < -0.39 is 0 Å². The van der Waals surface area contributed by atoms with E-state index in [0.29, 0.717) is 0 Å². The van der Waals surface area contributed by atoms with Crippen LogP contribution in [-0.2, 0) is 0 Å². The fourth-order valence-corrected chi connectivity index (χ4v) is 2.64. The number of pyridine rings is 1. The molecule has 1 aromatic rings. The second-order valence-electron chi connectivity index (χ2n) is 5.87. The minimum Gasteiger partial charge on any atom is -0.384 e. The second-order valence-corrected chi connectivity index (χ2v) is 5.87. The number of nitrogen functional groups attached to an aromatic ring is 1. The molecule has 6 heteroatoms. The first kappa shape index (κ1) is 15.7. The maximum atomic E-state index is 7.78. The number of aromatic nitrogens is 1. The van der Waals surface area contributed by atoms with Gasteiger partial charge in [-0.25, -0.2) is 4.98 Å². The minimum atomic E-state index is 0.102. The molecule has 0 saturated carbocycles. The fraction of sp³-hybridized carbons (Fsp3) is 0.600. The summed E-state index contributed by atoms with van der Waals surface area (Å²) in [7, 11) is 4.21. The van der Waals surface area contributed by atoms with Gasteiger partial charge in [0.05, 0.1) is 5.56 Å². The van der Waals surface area contributed by atoms with Crippen LogP contribution in [0.5, 0.6) is 0 Å². The van der Waals surface area contributed by atoms with Crippen LogP contribution in [0.15, 0.2) is 12.3 Å². The van der Waals surface area contributed by atoms with Gasteiger partial charge >= 0.3 is 0 Å². The van der Waals surface area contributed by atoms with Crippen LogP contribution in [0.2, 0.25) is 0 Å². The summed E-state index contributed by atoms with van der Waals surface area (Å²) in [6.45, 7) is 8.09. The van der Waals surface area contributed by atoms with Crippen molar-refractivity contribution in [2.75, 3.05) is 58.3 Å². The van der Waals surface area contributed by atoms with E-state index in [2.05, 4.69) is 33.8 Å². The molecular formula is C15H26N6. The molecule has 0 aromatic carbocycles. The van der Waals surface area contributed by atoms with Crippen molar-refractivity contribution >= 4 is 11.7 Å². The van der Waals surface area contributed by atoms with Crippen molar-refractivity contribution in [2.45, 2.75) is 6.92 Å². The zero-order chi connectivity index (χ0) is 15.4. The maximum Gasteiger partial charge on any atom is 0.139 e. The average Bonchev–Trinajstić information content (AvgIpc) is 2.45. The average molecular weight is 290 g/mol. The van der Waals surface area contributed by atoms with Crippen LogP contribution in [-0.4, -0.2) is 74.0 Å². The Morgan fingerprint density at radius 1 is 1.33 bits per heavy atom. The lowest BCUT2D eigenvalue weighted by atomic mass is 10.1. The van der Waals surface area contributed by atoms with E-state index in [1.54, 1.807) is 6.20 Å². The Hall–Kier alpha value is -1.66. The Bertz CT molecular complexity index is 491. The van der Waals surface area contributed by atoms with Gasteiger partial charge in [-0.2, -0.15) is 0 Å². The molecule has 2 heterocycles. The number of amidine groups is 1. The molecule has 2 rings (SSSR count). The zero-order valence-corrected chi connectivity index (χ0v) is 13.3. The van der Waals surface area contributed by atoms with Crippen molar-refractivity contribution in [1.82, 2.24) is 14.8 Å². The maximum absolute atomic E-state index is 7.78. The van der Waals surface area contributed by atoms with Crippen LogP contribution in [0, 0.1) is 12.3 Å². The van der Waals surface area contributed by atoms with Crippen molar-refractivity contribution in [2.24, 2.45) is 5.73 Å². The molecule has 0 bridgehead atoms. The number of nitrogens with one attached hydrogen (secondary N) is 1. The quantitative estimate of drug-likeness (QED) is 0.605. The Kier molecular flexibility index (Phi) is 5.14. The molecule has 0 aliphatic carbocycles. The standard InChI is InChI=1S/C15H26N6/c1-12-4-5-18-15(13(12)14(16)17)21-10-8-20(9-11-21)7-6-19(2)3/h4-5H,6-11H2,1-3H3,(H3,16,17). The molecule has 21 heavy (non-hydrogen) atoms. The second kappa shape index (κ2) is 6.87. The van der Waals surface area contributed by atoms with Gasteiger partial charge in [0.25, 0.3) is 0 Å². The number of aryl methyl sites for hydroxylation is 1. The molecule has 0 atom stereocenters. The Labute approximate surface area is 127 Å². The highest BCUT2D eigenvalue weighted by Crippen LogP contribution is 2.21. The SMILES string of the molecule is Cc1ccnc(N2CCN(CCN(C)C)CC2)c1C(=N)N. The Morgan fingerprint density at radius 3 is 2.57 bits per heavy atom. The summed E-state index contributed by atoms with van der Waals surface area (Å²) in [5.41, 5.74) is 7.52. The molecule has 0 unspecified atom stereocenters. The van der Waals surface area contributed by atoms with Crippen molar-refractivity contribution in [3.8, 4) is 0 Å². The summed E-state index contributed by atoms with van der Waals surface area (Å²) < 4.78 is 0. The number of likely N-dealkylation sites (N-methyl/N-ethyl adjacent to an activating group) is 1. The molecule has 1 fully saturated rings. The van der Waals surface area contributed by atoms with Gasteiger partial charge in [0.15, 0.2) is 0 Å². The Morgan fingerprint density at radius 2 is 2.00 bits per heavy atom. The normalized spacial score (nSPS) is 16.5. The summed E-state index contributed by atoms with van der Waals surface area (Å²) in [5, 5.41) is 7.78. The lowest BCUT2D eigenvalue weighted by molar-refractivity contribution is 0.229. The number of piperazine rings is 1. The first-order valence-corrected chi connectivity index (χ1v) is 7.41. The van der Waals surface area contributed by atoms with Gasteiger partial charge < -0.3 is 15.5 Å². The summed E-state index contributed by atoms with van der Waals surface area (Å²) in [4.78, 5) is 11.4. The van der Waals surface area contributed by atoms with E-state index >= 15 is 0 Å². The number of nitrogens with zero attached hydrogens (tertiary/aromatic N) is 4. The molecule has 1 saturated heterocycles. The predicted molar refractivity (Wildman–Crippen MR) is 87.2 cm³/mol. The molecule has 1 aliphatic rings. The van der Waals surface area contributed by atoms with Crippen LogP contribution in [0.3, 0.4) is 0 Å². The van der Waals surface area contributed by atoms with E-state index in [9.17, 15) is 0 Å². The highest BCUT2D eigenvalue weighted by molar-refractivity contribution is 6.01. The van der Waals surface area contributed by atoms with E-state index in [1.165, 1.54) is 0 Å². The third kappa shape index (κ3) is 3.92. The summed E-state index contributed by atoms with van der Waals surface area (Å²) in [6, 6.07) is 1.91. The lowest BCUT2D eigenvalue weighted by Gasteiger charge is -2.36. The van der Waals surface area contributed by atoms with Crippen LogP contribution >= 0.6 is 0 Å². The van der Waals surface area contributed by atoms with Crippen LogP contribution in [0.1, 0.15) is 11.1 Å². The third-order valence-electron chi connectivity index (χ3n) is 3.94. The van der Waals surface area contributed by atoms with Crippen molar-refractivity contribution in [3.05, 3.63) is 23.4 Å². The van der Waals surface area contributed by atoms with E-state index in [-0.39, 0.29) is 5.84 Å². The number of hydrogen-bond donors (Lipinski definition) is 2. The molecule has 1 aliphatic heterocycles. The molecule has 116 valence electrons. The Balaban J connectivity index is 2.03. The van der Waals surface area contributed by atoms with E-state index in [1.807, 2.05) is 13.0 Å². The zero-order valence-electron chi connectivity index (χ0n) is 13.3. The van der Waals surface area contributed by atoms with Gasteiger partial charge in [-0.05, 0) is 32.6 Å². The van der Waals surface area contributed by atoms with Gasteiger partial charge in [0.2, 0.25) is 0 Å². The fourth-order valence-electron chi connectivity index (χ4n) is 2.64. The summed E-state index contributed by atoms with van der Waals surface area (Å²) >= 11 is 0. The largest absolute Gasteiger partial charge is 0.384 e. The smallest absolute Gasteiger partial charge is 0.139 e. The molecule has 0 spiro atoms. The lowest BCUT2D eigenvalue weighted by Crippen LogP contribution is -2.48.